The summed E-state index contributed by atoms with van der Waals surface area (Å²) in [5.74, 6) is 0.0685. The Morgan fingerprint density at radius 1 is 1.32 bits per heavy atom. The van der Waals surface area contributed by atoms with Crippen molar-refractivity contribution in [3.8, 4) is 0 Å². The van der Waals surface area contributed by atoms with Gasteiger partial charge in [-0.2, -0.15) is 0 Å². The minimum Gasteiger partial charge on any atom is -0.469 e. The largest absolute Gasteiger partial charge is 0.469 e. The van der Waals surface area contributed by atoms with E-state index in [0.29, 0.717) is 17.5 Å². The van der Waals surface area contributed by atoms with Crippen molar-refractivity contribution in [2.75, 3.05) is 20.2 Å². The number of ether oxygens (including phenoxy) is 1. The number of hydrogen-bond donors (Lipinski definition) is 1. The van der Waals surface area contributed by atoms with Crippen LogP contribution < -0.4 is 5.73 Å². The fourth-order valence-electron chi connectivity index (χ4n) is 4.19. The third-order valence-electron chi connectivity index (χ3n) is 5.71. The summed E-state index contributed by atoms with van der Waals surface area (Å²) in [6, 6.07) is 1.14. The van der Waals surface area contributed by atoms with Crippen LogP contribution in [0, 0.1) is 11.3 Å². The summed E-state index contributed by atoms with van der Waals surface area (Å²) < 4.78 is 4.90. The number of hydrogen-bond acceptors (Lipinski definition) is 4. The molecule has 0 aromatic heterocycles. The molecule has 1 heterocycles. The van der Waals surface area contributed by atoms with E-state index in [9.17, 15) is 4.79 Å². The zero-order valence-electron chi connectivity index (χ0n) is 11.9. The number of rotatable bonds is 2. The van der Waals surface area contributed by atoms with Gasteiger partial charge < -0.3 is 10.5 Å². The topological polar surface area (TPSA) is 55.6 Å². The Labute approximate surface area is 115 Å². The average Bonchev–Trinajstić information content (AvgIpc) is 3.08. The van der Waals surface area contributed by atoms with E-state index in [1.54, 1.807) is 0 Å². The number of likely N-dealkylation sites (tertiary alicyclic amines) is 1. The molecule has 3 aliphatic rings. The lowest BCUT2D eigenvalue weighted by atomic mass is 9.81. The van der Waals surface area contributed by atoms with Crippen molar-refractivity contribution >= 4 is 5.97 Å². The van der Waals surface area contributed by atoms with Gasteiger partial charge in [-0.25, -0.2) is 0 Å². The lowest BCUT2D eigenvalue weighted by molar-refractivity contribution is -0.147. The highest BCUT2D eigenvalue weighted by molar-refractivity contribution is 5.72. The second kappa shape index (κ2) is 5.06. The Morgan fingerprint density at radius 2 is 2.00 bits per heavy atom. The Hall–Kier alpha value is -0.610. The molecule has 3 fully saturated rings. The van der Waals surface area contributed by atoms with Crippen LogP contribution in [0.2, 0.25) is 0 Å². The molecule has 1 aliphatic heterocycles. The van der Waals surface area contributed by atoms with E-state index in [0.717, 1.165) is 25.9 Å². The Morgan fingerprint density at radius 3 is 2.58 bits per heavy atom. The molecule has 4 nitrogen and oxygen atoms in total. The summed E-state index contributed by atoms with van der Waals surface area (Å²) in [6.07, 6.45) is 8.47. The van der Waals surface area contributed by atoms with Crippen LogP contribution in [0.5, 0.6) is 0 Å². The predicted molar refractivity (Wildman–Crippen MR) is 73.6 cm³/mol. The summed E-state index contributed by atoms with van der Waals surface area (Å²) in [7, 11) is 1.50. The molecule has 3 rings (SSSR count). The molecule has 2 unspecified atom stereocenters. The summed E-state index contributed by atoms with van der Waals surface area (Å²) in [5, 5.41) is 0. The molecule has 1 spiro atoms. The van der Waals surface area contributed by atoms with Crippen molar-refractivity contribution in [1.29, 1.82) is 0 Å². The van der Waals surface area contributed by atoms with Crippen LogP contribution in [-0.4, -0.2) is 43.2 Å². The van der Waals surface area contributed by atoms with E-state index in [1.165, 1.54) is 39.2 Å². The number of carbonyl (C=O) groups excluding carboxylic acids is 1. The third-order valence-corrected chi connectivity index (χ3v) is 5.71. The summed E-state index contributed by atoms with van der Waals surface area (Å²) >= 11 is 0. The molecule has 0 bridgehead atoms. The van der Waals surface area contributed by atoms with Gasteiger partial charge in [-0.15, -0.1) is 0 Å². The average molecular weight is 266 g/mol. The van der Waals surface area contributed by atoms with Gasteiger partial charge in [-0.05, 0) is 56.9 Å². The van der Waals surface area contributed by atoms with Crippen molar-refractivity contribution in [3.63, 3.8) is 0 Å². The molecular formula is C15H26N2O2. The zero-order chi connectivity index (χ0) is 13.5. The minimum atomic E-state index is -0.0267. The van der Waals surface area contributed by atoms with Crippen LogP contribution in [0.1, 0.15) is 44.9 Å². The maximum absolute atomic E-state index is 11.7. The Kier molecular flexibility index (Phi) is 3.56. The van der Waals surface area contributed by atoms with Gasteiger partial charge in [0.05, 0.1) is 13.0 Å². The van der Waals surface area contributed by atoms with Gasteiger partial charge in [0.2, 0.25) is 0 Å². The van der Waals surface area contributed by atoms with Crippen molar-refractivity contribution in [1.82, 2.24) is 4.90 Å². The molecule has 2 aliphatic carbocycles. The van der Waals surface area contributed by atoms with E-state index in [2.05, 4.69) is 4.90 Å². The van der Waals surface area contributed by atoms with E-state index >= 15 is 0 Å². The molecule has 2 saturated carbocycles. The fourth-order valence-corrected chi connectivity index (χ4v) is 4.19. The standard InChI is InChI=1S/C15H26N2O2/c1-19-14(18)11-3-2-8-17(10-11)12-4-6-15(7-5-12)9-13(15)16/h11-13H,2-10,16H2,1H3. The number of esters is 1. The van der Waals surface area contributed by atoms with E-state index in [1.807, 2.05) is 0 Å². The predicted octanol–water partition coefficient (Wildman–Crippen LogP) is 1.53. The molecule has 0 amide bonds. The minimum absolute atomic E-state index is 0.0267. The van der Waals surface area contributed by atoms with Crippen LogP contribution in [0.4, 0.5) is 0 Å². The molecule has 0 aromatic rings. The van der Waals surface area contributed by atoms with Crippen LogP contribution >= 0.6 is 0 Å². The SMILES string of the molecule is COC(=O)C1CCCN(C2CCC3(CC2)CC3N)C1. The summed E-state index contributed by atoms with van der Waals surface area (Å²) in [6.45, 7) is 2.05. The van der Waals surface area contributed by atoms with Gasteiger partial charge in [-0.1, -0.05) is 0 Å². The Bertz CT molecular complexity index is 350. The van der Waals surface area contributed by atoms with Crippen molar-refractivity contribution in [3.05, 3.63) is 0 Å². The van der Waals surface area contributed by atoms with Gasteiger partial charge in [0, 0.05) is 18.6 Å². The van der Waals surface area contributed by atoms with Gasteiger partial charge in [0.1, 0.15) is 0 Å². The van der Waals surface area contributed by atoms with Crippen LogP contribution in [-0.2, 0) is 9.53 Å². The van der Waals surface area contributed by atoms with Crippen molar-refractivity contribution in [2.45, 2.75) is 57.0 Å². The van der Waals surface area contributed by atoms with Crippen molar-refractivity contribution < 1.29 is 9.53 Å². The third kappa shape index (κ3) is 2.52. The molecule has 108 valence electrons. The first-order valence-corrected chi connectivity index (χ1v) is 7.72. The first-order valence-electron chi connectivity index (χ1n) is 7.72. The smallest absolute Gasteiger partial charge is 0.309 e. The van der Waals surface area contributed by atoms with Crippen LogP contribution in [0.25, 0.3) is 0 Å². The molecule has 2 atom stereocenters. The Balaban J connectivity index is 1.53. The molecule has 2 N–H and O–H groups in total. The highest BCUT2D eigenvalue weighted by atomic mass is 16.5. The van der Waals surface area contributed by atoms with Crippen LogP contribution in [0.3, 0.4) is 0 Å². The summed E-state index contributed by atoms with van der Waals surface area (Å²) in [4.78, 5) is 14.2. The van der Waals surface area contributed by atoms with Crippen LogP contribution in [0.15, 0.2) is 0 Å². The number of nitrogens with zero attached hydrogens (tertiary/aromatic N) is 1. The van der Waals surface area contributed by atoms with Gasteiger partial charge in [-0.3, -0.25) is 9.69 Å². The molecule has 1 saturated heterocycles. The second-order valence-electron chi connectivity index (χ2n) is 6.76. The molecule has 4 heteroatoms. The van der Waals surface area contributed by atoms with Gasteiger partial charge in [0.25, 0.3) is 0 Å². The van der Waals surface area contributed by atoms with E-state index in [4.69, 9.17) is 10.5 Å². The maximum atomic E-state index is 11.7. The van der Waals surface area contributed by atoms with E-state index < -0.39 is 0 Å². The number of nitrogens with two attached hydrogens (primary N) is 1. The van der Waals surface area contributed by atoms with Crippen molar-refractivity contribution in [2.24, 2.45) is 17.1 Å². The fraction of sp³-hybridized carbons (Fsp3) is 0.933. The lowest BCUT2D eigenvalue weighted by Gasteiger charge is -2.41. The summed E-state index contributed by atoms with van der Waals surface area (Å²) in [5.41, 5.74) is 6.57. The van der Waals surface area contributed by atoms with Gasteiger partial charge in [0.15, 0.2) is 0 Å². The zero-order valence-corrected chi connectivity index (χ0v) is 11.9. The maximum Gasteiger partial charge on any atom is 0.309 e. The molecule has 19 heavy (non-hydrogen) atoms. The quantitative estimate of drug-likeness (QED) is 0.770. The highest BCUT2D eigenvalue weighted by Gasteiger charge is 2.53. The normalized spacial score (nSPS) is 43.2. The lowest BCUT2D eigenvalue weighted by Crippen LogP contribution is -2.46. The highest BCUT2D eigenvalue weighted by Crippen LogP contribution is 2.55. The molecular weight excluding hydrogens is 240 g/mol. The molecule has 0 aromatic carbocycles. The number of piperidine rings is 1. The monoisotopic (exact) mass is 266 g/mol. The van der Waals surface area contributed by atoms with E-state index in [-0.39, 0.29) is 11.9 Å². The first-order chi connectivity index (χ1) is 9.14. The number of methoxy groups -OCH3 is 1. The molecule has 0 radical (unpaired) electrons. The van der Waals surface area contributed by atoms with Gasteiger partial charge >= 0.3 is 5.97 Å². The second-order valence-corrected chi connectivity index (χ2v) is 6.76. The number of carbonyl (C=O) groups is 1. The first kappa shape index (κ1) is 13.4.